The van der Waals surface area contributed by atoms with Crippen molar-refractivity contribution in [3.05, 3.63) is 96.1 Å². The van der Waals surface area contributed by atoms with Gasteiger partial charge in [-0.15, -0.1) is 0 Å². The molecule has 2 aromatic heterocycles. The van der Waals surface area contributed by atoms with Gasteiger partial charge in [0.15, 0.2) is 0 Å². The number of anilines is 1. The lowest BCUT2D eigenvalue weighted by molar-refractivity contribution is 0.102. The van der Waals surface area contributed by atoms with Crippen molar-refractivity contribution in [2.24, 2.45) is 0 Å². The van der Waals surface area contributed by atoms with Crippen molar-refractivity contribution < 1.29 is 18.7 Å². The number of nitrogens with zero attached hydrogens (tertiary/aromatic N) is 2. The summed E-state index contributed by atoms with van der Waals surface area (Å²) in [4.78, 5) is 21.0. The first-order valence-electron chi connectivity index (χ1n) is 9.85. The van der Waals surface area contributed by atoms with Crippen molar-refractivity contribution in [2.75, 3.05) is 12.4 Å². The molecule has 0 saturated heterocycles. The average molecular weight is 429 g/mol. The number of pyridine rings is 2. The van der Waals surface area contributed by atoms with Crippen LogP contribution in [-0.4, -0.2) is 23.0 Å². The van der Waals surface area contributed by atoms with Gasteiger partial charge >= 0.3 is 0 Å². The molecule has 4 aromatic rings. The van der Waals surface area contributed by atoms with Gasteiger partial charge in [-0.2, -0.15) is 0 Å². The number of hydrogen-bond donors (Lipinski definition) is 1. The fraction of sp³-hybridized carbons (Fsp3) is 0.0800. The van der Waals surface area contributed by atoms with Crippen LogP contribution in [0.25, 0.3) is 11.1 Å². The molecule has 0 aliphatic rings. The smallest absolute Gasteiger partial charge is 0.257 e. The summed E-state index contributed by atoms with van der Waals surface area (Å²) in [5.41, 5.74) is 2.09. The molecule has 0 aliphatic carbocycles. The molecule has 2 heterocycles. The number of rotatable bonds is 6. The van der Waals surface area contributed by atoms with E-state index in [-0.39, 0.29) is 11.1 Å². The number of ether oxygens (including phenoxy) is 2. The van der Waals surface area contributed by atoms with Crippen LogP contribution in [0.2, 0.25) is 0 Å². The molecule has 7 heteroatoms. The summed E-state index contributed by atoms with van der Waals surface area (Å²) >= 11 is 0. The van der Waals surface area contributed by atoms with Gasteiger partial charge in [-0.1, -0.05) is 12.1 Å². The normalized spacial score (nSPS) is 10.5. The molecule has 0 unspecified atom stereocenters. The Kier molecular flexibility index (Phi) is 6.07. The number of carbonyl (C=O) groups is 1. The predicted octanol–water partition coefficient (Wildman–Crippen LogP) is 5.64. The van der Waals surface area contributed by atoms with E-state index >= 15 is 0 Å². The van der Waals surface area contributed by atoms with Gasteiger partial charge in [0, 0.05) is 35.2 Å². The monoisotopic (exact) mass is 429 g/mol. The Morgan fingerprint density at radius 1 is 1.00 bits per heavy atom. The molecule has 1 N–H and O–H groups in total. The molecule has 4 rings (SSSR count). The number of amides is 1. The third kappa shape index (κ3) is 4.57. The highest BCUT2D eigenvalue weighted by Crippen LogP contribution is 2.34. The molecule has 6 nitrogen and oxygen atoms in total. The summed E-state index contributed by atoms with van der Waals surface area (Å²) in [6.07, 6.45) is 3.28. The first kappa shape index (κ1) is 21.0. The Morgan fingerprint density at radius 3 is 2.59 bits per heavy atom. The highest BCUT2D eigenvalue weighted by atomic mass is 19.1. The Bertz CT molecular complexity index is 1250. The molecule has 0 bridgehead atoms. The molecular weight excluding hydrogens is 409 g/mol. The zero-order chi connectivity index (χ0) is 22.5. The van der Waals surface area contributed by atoms with E-state index in [1.165, 1.54) is 12.1 Å². The van der Waals surface area contributed by atoms with E-state index < -0.39 is 11.7 Å². The Morgan fingerprint density at radius 2 is 1.88 bits per heavy atom. The van der Waals surface area contributed by atoms with E-state index in [0.29, 0.717) is 23.2 Å². The van der Waals surface area contributed by atoms with Crippen LogP contribution < -0.4 is 14.8 Å². The van der Waals surface area contributed by atoms with Crippen molar-refractivity contribution in [3.8, 4) is 28.5 Å². The van der Waals surface area contributed by atoms with E-state index in [1.54, 1.807) is 56.8 Å². The fourth-order valence-corrected chi connectivity index (χ4v) is 3.17. The number of nitrogens with one attached hydrogen (secondary N) is 1. The van der Waals surface area contributed by atoms with Crippen LogP contribution in [-0.2, 0) is 0 Å². The predicted molar refractivity (Wildman–Crippen MR) is 120 cm³/mol. The van der Waals surface area contributed by atoms with Crippen molar-refractivity contribution in [1.82, 2.24) is 9.97 Å². The third-order valence-electron chi connectivity index (χ3n) is 4.86. The molecule has 0 saturated carbocycles. The minimum absolute atomic E-state index is 0.261. The number of hydrogen-bond acceptors (Lipinski definition) is 5. The molecule has 0 radical (unpaired) electrons. The standard InChI is InChI=1S/C25H20FN3O3/c1-16-19(6-5-7-21(16)26)25(30)29-23-12-9-17(15-28-23)20-14-18(10-11-22(20)31-2)32-24-8-3-4-13-27-24/h3-15H,1-2H3,(H,28,29,30). The third-order valence-corrected chi connectivity index (χ3v) is 4.86. The quantitative estimate of drug-likeness (QED) is 0.429. The lowest BCUT2D eigenvalue weighted by Gasteiger charge is -2.12. The van der Waals surface area contributed by atoms with Gasteiger partial charge in [-0.3, -0.25) is 4.79 Å². The maximum atomic E-state index is 13.7. The van der Waals surface area contributed by atoms with Gasteiger partial charge < -0.3 is 14.8 Å². The maximum Gasteiger partial charge on any atom is 0.257 e. The van der Waals surface area contributed by atoms with Crippen LogP contribution in [0.1, 0.15) is 15.9 Å². The lowest BCUT2D eigenvalue weighted by Crippen LogP contribution is -2.14. The molecule has 0 aliphatic heterocycles. The number of aromatic nitrogens is 2. The van der Waals surface area contributed by atoms with Crippen LogP contribution in [0.15, 0.2) is 79.1 Å². The second kappa shape index (κ2) is 9.26. The maximum absolute atomic E-state index is 13.7. The molecule has 1 amide bonds. The largest absolute Gasteiger partial charge is 0.496 e. The highest BCUT2D eigenvalue weighted by molar-refractivity contribution is 6.04. The Labute approximate surface area is 184 Å². The number of benzene rings is 2. The van der Waals surface area contributed by atoms with Crippen LogP contribution in [0.5, 0.6) is 17.4 Å². The van der Waals surface area contributed by atoms with Gasteiger partial charge in [0.1, 0.15) is 23.1 Å². The van der Waals surface area contributed by atoms with Gasteiger partial charge in [-0.25, -0.2) is 14.4 Å². The topological polar surface area (TPSA) is 73.3 Å². The molecule has 0 spiro atoms. The molecule has 0 fully saturated rings. The number of halogens is 1. The van der Waals surface area contributed by atoms with Crippen molar-refractivity contribution >= 4 is 11.7 Å². The van der Waals surface area contributed by atoms with E-state index in [0.717, 1.165) is 11.1 Å². The van der Waals surface area contributed by atoms with Gasteiger partial charge in [0.25, 0.3) is 5.91 Å². The summed E-state index contributed by atoms with van der Waals surface area (Å²) in [7, 11) is 1.58. The first-order valence-corrected chi connectivity index (χ1v) is 9.85. The zero-order valence-electron chi connectivity index (χ0n) is 17.5. The minimum Gasteiger partial charge on any atom is -0.496 e. The lowest BCUT2D eigenvalue weighted by atomic mass is 10.1. The molecule has 0 atom stereocenters. The van der Waals surface area contributed by atoms with Gasteiger partial charge in [0.05, 0.1) is 7.11 Å². The summed E-state index contributed by atoms with van der Waals surface area (Å²) < 4.78 is 25.0. The van der Waals surface area contributed by atoms with Gasteiger partial charge in [0.2, 0.25) is 5.88 Å². The molecular formula is C25H20FN3O3. The Hall–Kier alpha value is -4.26. The van der Waals surface area contributed by atoms with Crippen molar-refractivity contribution in [3.63, 3.8) is 0 Å². The summed E-state index contributed by atoms with van der Waals surface area (Å²) in [6, 6.07) is 18.7. The summed E-state index contributed by atoms with van der Waals surface area (Å²) in [6.45, 7) is 1.56. The van der Waals surface area contributed by atoms with Crippen molar-refractivity contribution in [1.29, 1.82) is 0 Å². The minimum atomic E-state index is -0.430. The average Bonchev–Trinajstić information content (AvgIpc) is 2.82. The van der Waals surface area contributed by atoms with E-state index in [2.05, 4.69) is 15.3 Å². The zero-order valence-corrected chi connectivity index (χ0v) is 17.5. The second-order valence-electron chi connectivity index (χ2n) is 6.93. The van der Waals surface area contributed by atoms with E-state index in [9.17, 15) is 9.18 Å². The Balaban J connectivity index is 1.56. The van der Waals surface area contributed by atoms with Crippen LogP contribution in [0.3, 0.4) is 0 Å². The fourth-order valence-electron chi connectivity index (χ4n) is 3.17. The van der Waals surface area contributed by atoms with E-state index in [4.69, 9.17) is 9.47 Å². The van der Waals surface area contributed by atoms with Crippen LogP contribution >= 0.6 is 0 Å². The summed E-state index contributed by atoms with van der Waals surface area (Å²) in [5.74, 6) is 1.21. The summed E-state index contributed by atoms with van der Waals surface area (Å²) in [5, 5.41) is 2.70. The number of carbonyl (C=O) groups excluding carboxylic acids is 1. The van der Waals surface area contributed by atoms with Crippen LogP contribution in [0, 0.1) is 12.7 Å². The van der Waals surface area contributed by atoms with Gasteiger partial charge in [-0.05, 0) is 61.0 Å². The van der Waals surface area contributed by atoms with Crippen molar-refractivity contribution in [2.45, 2.75) is 6.92 Å². The first-order chi connectivity index (χ1) is 15.5. The SMILES string of the molecule is COc1ccc(Oc2ccccn2)cc1-c1ccc(NC(=O)c2cccc(F)c2C)nc1. The molecule has 160 valence electrons. The van der Waals surface area contributed by atoms with Crippen LogP contribution in [0.4, 0.5) is 10.2 Å². The van der Waals surface area contributed by atoms with E-state index in [1.807, 2.05) is 24.3 Å². The highest BCUT2D eigenvalue weighted by Gasteiger charge is 2.14. The second-order valence-corrected chi connectivity index (χ2v) is 6.93. The molecule has 32 heavy (non-hydrogen) atoms. The number of methoxy groups -OCH3 is 1. The molecule has 2 aromatic carbocycles.